The Morgan fingerprint density at radius 1 is 1.03 bits per heavy atom. The SMILES string of the molecule is CCN(CC)C(=O)c1ccc(NC(=O)c2ccc3c(c2)CCCN3S(C)(=O)=O)cc1. The molecule has 160 valence electrons. The molecule has 2 aromatic rings. The summed E-state index contributed by atoms with van der Waals surface area (Å²) in [5.74, 6) is -0.319. The van der Waals surface area contributed by atoms with E-state index >= 15 is 0 Å². The summed E-state index contributed by atoms with van der Waals surface area (Å²) < 4.78 is 25.4. The third-order valence-electron chi connectivity index (χ3n) is 5.26. The normalized spacial score (nSPS) is 13.5. The van der Waals surface area contributed by atoms with Crippen LogP contribution in [0.5, 0.6) is 0 Å². The van der Waals surface area contributed by atoms with Crippen molar-refractivity contribution in [1.29, 1.82) is 0 Å². The first-order valence-electron chi connectivity index (χ1n) is 10.1. The van der Waals surface area contributed by atoms with Gasteiger partial charge in [-0.25, -0.2) is 8.42 Å². The van der Waals surface area contributed by atoms with Gasteiger partial charge in [0.25, 0.3) is 11.8 Å². The summed E-state index contributed by atoms with van der Waals surface area (Å²) in [6.07, 6.45) is 2.63. The van der Waals surface area contributed by atoms with E-state index in [0.717, 1.165) is 12.0 Å². The maximum absolute atomic E-state index is 12.7. The van der Waals surface area contributed by atoms with Crippen LogP contribution in [0.25, 0.3) is 0 Å². The molecule has 0 unspecified atom stereocenters. The molecule has 0 saturated heterocycles. The fourth-order valence-electron chi connectivity index (χ4n) is 3.64. The van der Waals surface area contributed by atoms with Crippen LogP contribution in [-0.2, 0) is 16.4 Å². The van der Waals surface area contributed by atoms with E-state index in [9.17, 15) is 18.0 Å². The molecule has 1 aliphatic rings. The molecule has 0 atom stereocenters. The second-order valence-electron chi connectivity index (χ2n) is 7.29. The minimum absolute atomic E-state index is 0.0389. The molecular weight excluding hydrogens is 402 g/mol. The number of fused-ring (bicyclic) bond motifs is 1. The van der Waals surface area contributed by atoms with Crippen LogP contribution in [0.15, 0.2) is 42.5 Å². The Balaban J connectivity index is 1.75. The maximum Gasteiger partial charge on any atom is 0.255 e. The molecule has 1 heterocycles. The highest BCUT2D eigenvalue weighted by atomic mass is 32.2. The molecule has 0 spiro atoms. The van der Waals surface area contributed by atoms with Crippen molar-refractivity contribution >= 4 is 33.2 Å². The molecule has 7 nitrogen and oxygen atoms in total. The number of rotatable bonds is 6. The number of carbonyl (C=O) groups excluding carboxylic acids is 2. The molecule has 0 aliphatic carbocycles. The fraction of sp³-hybridized carbons (Fsp3) is 0.364. The summed E-state index contributed by atoms with van der Waals surface area (Å²) in [6.45, 7) is 5.61. The van der Waals surface area contributed by atoms with Crippen LogP contribution in [0, 0.1) is 0 Å². The fourth-order valence-corrected chi connectivity index (χ4v) is 4.64. The molecule has 30 heavy (non-hydrogen) atoms. The Morgan fingerprint density at radius 3 is 2.27 bits per heavy atom. The number of carbonyl (C=O) groups is 2. The van der Waals surface area contributed by atoms with Crippen molar-refractivity contribution in [2.75, 3.05) is 35.5 Å². The highest BCUT2D eigenvalue weighted by Crippen LogP contribution is 2.30. The van der Waals surface area contributed by atoms with Gasteiger partial charge in [0.2, 0.25) is 10.0 Å². The Hall–Kier alpha value is -2.87. The zero-order valence-electron chi connectivity index (χ0n) is 17.5. The van der Waals surface area contributed by atoms with Gasteiger partial charge in [-0.3, -0.25) is 13.9 Å². The van der Waals surface area contributed by atoms with E-state index in [4.69, 9.17) is 0 Å². The van der Waals surface area contributed by atoms with Crippen molar-refractivity contribution in [2.24, 2.45) is 0 Å². The molecule has 0 fully saturated rings. The number of hydrogen-bond acceptors (Lipinski definition) is 4. The van der Waals surface area contributed by atoms with Gasteiger partial charge in [-0.1, -0.05) is 0 Å². The van der Waals surface area contributed by atoms with Gasteiger partial charge < -0.3 is 10.2 Å². The lowest BCUT2D eigenvalue weighted by Crippen LogP contribution is -2.34. The molecule has 1 aliphatic heterocycles. The van der Waals surface area contributed by atoms with Gasteiger partial charge in [0.05, 0.1) is 11.9 Å². The van der Waals surface area contributed by atoms with E-state index in [1.54, 1.807) is 47.4 Å². The first kappa shape index (κ1) is 21.8. The predicted octanol–water partition coefficient (Wildman–Crippen LogP) is 3.13. The third-order valence-corrected chi connectivity index (χ3v) is 6.44. The van der Waals surface area contributed by atoms with Crippen LogP contribution < -0.4 is 9.62 Å². The first-order valence-corrected chi connectivity index (χ1v) is 11.9. The van der Waals surface area contributed by atoms with E-state index in [1.165, 1.54) is 10.6 Å². The van der Waals surface area contributed by atoms with E-state index in [0.29, 0.717) is 48.6 Å². The molecule has 2 amide bonds. The molecule has 1 N–H and O–H groups in total. The summed E-state index contributed by atoms with van der Waals surface area (Å²) in [7, 11) is -3.34. The van der Waals surface area contributed by atoms with Crippen LogP contribution in [0.3, 0.4) is 0 Å². The molecule has 0 bridgehead atoms. The molecule has 0 radical (unpaired) electrons. The lowest BCUT2D eigenvalue weighted by atomic mass is 10.0. The smallest absolute Gasteiger partial charge is 0.255 e. The van der Waals surface area contributed by atoms with Crippen molar-refractivity contribution in [1.82, 2.24) is 4.90 Å². The number of anilines is 2. The highest BCUT2D eigenvalue weighted by Gasteiger charge is 2.24. The van der Waals surface area contributed by atoms with Crippen LogP contribution >= 0.6 is 0 Å². The first-order chi connectivity index (χ1) is 14.2. The number of benzene rings is 2. The Morgan fingerprint density at radius 2 is 1.67 bits per heavy atom. The van der Waals surface area contributed by atoms with Gasteiger partial charge >= 0.3 is 0 Å². The number of nitrogens with one attached hydrogen (secondary N) is 1. The molecule has 0 saturated carbocycles. The summed E-state index contributed by atoms with van der Waals surface area (Å²) in [5.41, 5.74) is 3.12. The molecular formula is C22H27N3O4S. The topological polar surface area (TPSA) is 86.8 Å². The van der Waals surface area contributed by atoms with Crippen molar-refractivity contribution in [3.05, 3.63) is 59.2 Å². The highest BCUT2D eigenvalue weighted by molar-refractivity contribution is 7.92. The van der Waals surface area contributed by atoms with Gasteiger partial charge in [-0.15, -0.1) is 0 Å². The van der Waals surface area contributed by atoms with Crippen molar-refractivity contribution in [2.45, 2.75) is 26.7 Å². The molecule has 0 aromatic heterocycles. The Labute approximate surface area is 177 Å². The lowest BCUT2D eigenvalue weighted by molar-refractivity contribution is 0.0773. The van der Waals surface area contributed by atoms with Crippen molar-refractivity contribution in [3.8, 4) is 0 Å². The Kier molecular flexibility index (Phi) is 6.45. The quantitative estimate of drug-likeness (QED) is 0.764. The third kappa shape index (κ3) is 4.64. The number of amides is 2. The summed E-state index contributed by atoms with van der Waals surface area (Å²) in [6, 6.07) is 11.9. The minimum Gasteiger partial charge on any atom is -0.339 e. The second-order valence-corrected chi connectivity index (χ2v) is 9.20. The number of hydrogen-bond donors (Lipinski definition) is 1. The summed E-state index contributed by atoms with van der Waals surface area (Å²) >= 11 is 0. The van der Waals surface area contributed by atoms with Crippen LogP contribution in [0.1, 0.15) is 46.5 Å². The number of nitrogens with zero attached hydrogens (tertiary/aromatic N) is 2. The second kappa shape index (κ2) is 8.87. The van der Waals surface area contributed by atoms with E-state index < -0.39 is 10.0 Å². The zero-order valence-corrected chi connectivity index (χ0v) is 18.3. The van der Waals surface area contributed by atoms with Gasteiger partial charge in [0, 0.05) is 36.4 Å². The van der Waals surface area contributed by atoms with Crippen LogP contribution in [0.4, 0.5) is 11.4 Å². The summed E-state index contributed by atoms with van der Waals surface area (Å²) in [5, 5.41) is 2.83. The lowest BCUT2D eigenvalue weighted by Gasteiger charge is -2.29. The zero-order chi connectivity index (χ0) is 21.9. The average Bonchev–Trinajstić information content (AvgIpc) is 2.73. The molecule has 3 rings (SSSR count). The van der Waals surface area contributed by atoms with Crippen molar-refractivity contribution in [3.63, 3.8) is 0 Å². The monoisotopic (exact) mass is 429 g/mol. The van der Waals surface area contributed by atoms with Crippen LogP contribution in [0.2, 0.25) is 0 Å². The van der Waals surface area contributed by atoms with Crippen molar-refractivity contribution < 1.29 is 18.0 Å². The van der Waals surface area contributed by atoms with Gasteiger partial charge in [-0.05, 0) is 74.7 Å². The van der Waals surface area contributed by atoms with E-state index in [2.05, 4.69) is 5.32 Å². The van der Waals surface area contributed by atoms with Gasteiger partial charge in [-0.2, -0.15) is 0 Å². The van der Waals surface area contributed by atoms with Gasteiger partial charge in [0.15, 0.2) is 0 Å². The largest absolute Gasteiger partial charge is 0.339 e. The summed E-state index contributed by atoms with van der Waals surface area (Å²) in [4.78, 5) is 26.8. The molecule has 8 heteroatoms. The minimum atomic E-state index is -3.34. The van der Waals surface area contributed by atoms with Gasteiger partial charge in [0.1, 0.15) is 0 Å². The van der Waals surface area contributed by atoms with E-state index in [-0.39, 0.29) is 11.8 Å². The molecule has 2 aromatic carbocycles. The number of aryl methyl sites for hydroxylation is 1. The average molecular weight is 430 g/mol. The predicted molar refractivity (Wildman–Crippen MR) is 119 cm³/mol. The number of sulfonamides is 1. The van der Waals surface area contributed by atoms with E-state index in [1.807, 2.05) is 13.8 Å². The van der Waals surface area contributed by atoms with Crippen LogP contribution in [-0.4, -0.2) is 51.0 Å². The standard InChI is InChI=1S/C22H27N3O4S/c1-4-24(5-2)22(27)16-8-11-19(12-9-16)23-21(26)18-10-13-20-17(15-18)7-6-14-25(20)30(3,28)29/h8-13,15H,4-7,14H2,1-3H3,(H,23,26). The Bertz CT molecular complexity index is 1040. The maximum atomic E-state index is 12.7.